The summed E-state index contributed by atoms with van der Waals surface area (Å²) in [7, 11) is 0. The van der Waals surface area contributed by atoms with Crippen LogP contribution in [0.15, 0.2) is 35.1 Å². The minimum Gasteiger partial charge on any atom is -0.458 e. The first-order valence-corrected chi connectivity index (χ1v) is 12.6. The van der Waals surface area contributed by atoms with Crippen molar-refractivity contribution in [2.75, 3.05) is 0 Å². The van der Waals surface area contributed by atoms with Gasteiger partial charge in [-0.3, -0.25) is 4.79 Å². The highest BCUT2D eigenvalue weighted by molar-refractivity contribution is 5.87. The molecule has 178 valence electrons. The number of aromatic nitrogens is 2. The first kappa shape index (κ1) is 22.1. The van der Waals surface area contributed by atoms with Crippen LogP contribution in [0, 0.1) is 17.8 Å². The molecular weight excluding hydrogens is 440 g/mol. The van der Waals surface area contributed by atoms with E-state index >= 15 is 0 Å². The van der Waals surface area contributed by atoms with Crippen LogP contribution in [0.2, 0.25) is 0 Å². The summed E-state index contributed by atoms with van der Waals surface area (Å²) in [5.74, 6) is 6.73. The number of aliphatic hydroxyl groups is 1. The van der Waals surface area contributed by atoms with Gasteiger partial charge in [-0.05, 0) is 55.5 Å². The Morgan fingerprint density at radius 3 is 2.80 bits per heavy atom. The van der Waals surface area contributed by atoms with E-state index in [-0.39, 0.29) is 18.6 Å². The molecule has 0 radical (unpaired) electrons. The summed E-state index contributed by atoms with van der Waals surface area (Å²) in [5.41, 5.74) is 2.70. The highest BCUT2D eigenvalue weighted by Crippen LogP contribution is 2.38. The second-order valence-electron chi connectivity index (χ2n) is 10.0. The maximum absolute atomic E-state index is 13.3. The van der Waals surface area contributed by atoms with Crippen molar-refractivity contribution in [1.82, 2.24) is 9.55 Å². The van der Waals surface area contributed by atoms with Crippen molar-refractivity contribution in [3.8, 4) is 23.2 Å². The van der Waals surface area contributed by atoms with Crippen LogP contribution in [0.5, 0.6) is 0 Å². The van der Waals surface area contributed by atoms with Crippen LogP contribution < -0.4 is 5.56 Å². The molecule has 6 rings (SSSR count). The van der Waals surface area contributed by atoms with Gasteiger partial charge in [0.15, 0.2) is 5.60 Å². The number of ether oxygens (including phenoxy) is 1. The van der Waals surface area contributed by atoms with Gasteiger partial charge in [0.05, 0.1) is 29.0 Å². The van der Waals surface area contributed by atoms with Crippen molar-refractivity contribution >= 4 is 16.9 Å². The lowest BCUT2D eigenvalue weighted by atomic mass is 9.86. The molecule has 1 saturated carbocycles. The fourth-order valence-electron chi connectivity index (χ4n) is 5.75. The lowest BCUT2D eigenvalue weighted by Crippen LogP contribution is -2.44. The van der Waals surface area contributed by atoms with Gasteiger partial charge in [0.2, 0.25) is 0 Å². The molecule has 0 spiro atoms. The van der Waals surface area contributed by atoms with Crippen LogP contribution in [-0.2, 0) is 28.3 Å². The van der Waals surface area contributed by atoms with E-state index in [0.29, 0.717) is 29.1 Å². The van der Waals surface area contributed by atoms with Gasteiger partial charge in [0.1, 0.15) is 6.61 Å². The molecule has 3 aromatic rings. The molecule has 1 aliphatic carbocycles. The lowest BCUT2D eigenvalue weighted by molar-refractivity contribution is -0.172. The van der Waals surface area contributed by atoms with Crippen molar-refractivity contribution in [3.05, 3.63) is 62.9 Å². The largest absolute Gasteiger partial charge is 0.458 e. The zero-order valence-electron chi connectivity index (χ0n) is 19.9. The number of esters is 1. The topological polar surface area (TPSA) is 81.4 Å². The number of hydrogen-bond donors (Lipinski definition) is 1. The first-order chi connectivity index (χ1) is 17.0. The van der Waals surface area contributed by atoms with Gasteiger partial charge in [-0.15, -0.1) is 0 Å². The smallest absolute Gasteiger partial charge is 0.343 e. The van der Waals surface area contributed by atoms with Crippen LogP contribution in [0.25, 0.3) is 22.3 Å². The molecule has 2 aliphatic heterocycles. The maximum Gasteiger partial charge on any atom is 0.343 e. The van der Waals surface area contributed by atoms with E-state index in [0.717, 1.165) is 34.4 Å². The average Bonchev–Trinajstić information content (AvgIpc) is 3.23. The van der Waals surface area contributed by atoms with E-state index < -0.39 is 11.6 Å². The Balaban J connectivity index is 1.37. The first-order valence-electron chi connectivity index (χ1n) is 12.6. The van der Waals surface area contributed by atoms with Crippen LogP contribution in [-0.4, -0.2) is 20.6 Å². The van der Waals surface area contributed by atoms with E-state index in [9.17, 15) is 14.7 Å². The monoisotopic (exact) mass is 468 g/mol. The molecule has 0 amide bonds. The number of carbonyl (C=O) groups is 1. The molecule has 6 nitrogen and oxygen atoms in total. The Hall–Kier alpha value is -3.43. The molecular formula is C29H28N2O4. The molecule has 0 unspecified atom stereocenters. The normalized spacial score (nSPS) is 21.0. The third kappa shape index (κ3) is 3.57. The quantitative estimate of drug-likeness (QED) is 0.348. The Morgan fingerprint density at radius 1 is 1.17 bits per heavy atom. The number of pyridine rings is 2. The van der Waals surface area contributed by atoms with E-state index in [1.165, 1.54) is 32.1 Å². The van der Waals surface area contributed by atoms with Gasteiger partial charge in [0, 0.05) is 28.5 Å². The second kappa shape index (κ2) is 8.35. The highest BCUT2D eigenvalue weighted by Gasteiger charge is 2.45. The summed E-state index contributed by atoms with van der Waals surface area (Å²) in [5, 5.41) is 12.0. The minimum atomic E-state index is -1.81. The highest BCUT2D eigenvalue weighted by atomic mass is 16.6. The van der Waals surface area contributed by atoms with Crippen molar-refractivity contribution in [3.63, 3.8) is 0 Å². The number of nitrogens with zero attached hydrogens (tertiary/aromatic N) is 2. The molecule has 1 aromatic carbocycles. The number of carbonyl (C=O) groups excluding carboxylic acids is 1. The molecule has 1 fully saturated rings. The van der Waals surface area contributed by atoms with Gasteiger partial charge in [-0.25, -0.2) is 9.78 Å². The molecule has 1 N–H and O–H groups in total. The zero-order valence-corrected chi connectivity index (χ0v) is 19.9. The number of hydrogen-bond acceptors (Lipinski definition) is 5. The molecule has 3 aliphatic rings. The van der Waals surface area contributed by atoms with Crippen molar-refractivity contribution < 1.29 is 14.6 Å². The van der Waals surface area contributed by atoms with Crippen molar-refractivity contribution in [2.45, 2.75) is 70.6 Å². The summed E-state index contributed by atoms with van der Waals surface area (Å²) in [6.45, 7) is 1.98. The summed E-state index contributed by atoms with van der Waals surface area (Å²) in [6, 6.07) is 9.85. The fourth-order valence-corrected chi connectivity index (χ4v) is 5.75. The standard InChI is InChI=1S/C29H28N2O4/c1-2-29(34)23-15-25-26-21(16-31(25)27(32)22(23)17-35-28(29)33)14-20-13-19(11-12-24(20)30-26)10-6-9-18-7-4-3-5-8-18/h11-15,18,34H,2-5,7-9,16-17H2,1H3/t29-/m0/s1. The number of rotatable bonds is 2. The summed E-state index contributed by atoms with van der Waals surface area (Å²) in [4.78, 5) is 30.5. The number of cyclic esters (lactones) is 1. The third-order valence-corrected chi connectivity index (χ3v) is 7.86. The van der Waals surface area contributed by atoms with E-state index in [1.807, 2.05) is 12.1 Å². The minimum absolute atomic E-state index is 0.121. The maximum atomic E-state index is 13.3. The molecule has 6 heteroatoms. The van der Waals surface area contributed by atoms with E-state index in [2.05, 4.69) is 24.0 Å². The van der Waals surface area contributed by atoms with Crippen LogP contribution in [0.1, 0.15) is 74.1 Å². The van der Waals surface area contributed by atoms with Crippen molar-refractivity contribution in [1.29, 1.82) is 0 Å². The Labute approximate surface area is 204 Å². The number of benzene rings is 1. The fraction of sp³-hybridized carbons (Fsp3) is 0.414. The molecule has 4 heterocycles. The predicted molar refractivity (Wildman–Crippen MR) is 133 cm³/mol. The van der Waals surface area contributed by atoms with Gasteiger partial charge >= 0.3 is 5.97 Å². The van der Waals surface area contributed by atoms with Gasteiger partial charge in [-0.1, -0.05) is 38.0 Å². The Bertz CT molecular complexity index is 1490. The Kier molecular flexibility index (Phi) is 5.26. The molecule has 0 saturated heterocycles. The van der Waals surface area contributed by atoms with Gasteiger partial charge < -0.3 is 14.4 Å². The summed E-state index contributed by atoms with van der Waals surface area (Å²) < 4.78 is 6.81. The van der Waals surface area contributed by atoms with Crippen LogP contribution in [0.3, 0.4) is 0 Å². The average molecular weight is 469 g/mol. The molecule has 2 aromatic heterocycles. The van der Waals surface area contributed by atoms with Crippen LogP contribution in [0.4, 0.5) is 0 Å². The second-order valence-corrected chi connectivity index (χ2v) is 10.0. The molecule has 0 bridgehead atoms. The van der Waals surface area contributed by atoms with Gasteiger partial charge in [0.25, 0.3) is 5.56 Å². The third-order valence-electron chi connectivity index (χ3n) is 7.86. The van der Waals surface area contributed by atoms with Crippen LogP contribution >= 0.6 is 0 Å². The Morgan fingerprint density at radius 2 is 2.00 bits per heavy atom. The van der Waals surface area contributed by atoms with E-state index in [1.54, 1.807) is 17.6 Å². The summed E-state index contributed by atoms with van der Waals surface area (Å²) in [6.07, 6.45) is 7.69. The summed E-state index contributed by atoms with van der Waals surface area (Å²) >= 11 is 0. The zero-order chi connectivity index (χ0) is 24.2. The number of fused-ring (bicyclic) bond motifs is 5. The van der Waals surface area contributed by atoms with E-state index in [4.69, 9.17) is 9.72 Å². The SMILES string of the molecule is CC[C@@]1(O)C(=O)OCc2c1cc1n(c2=O)Cc2cc3cc(C#CCC4CCCCC4)ccc3nc2-1. The molecule has 35 heavy (non-hydrogen) atoms. The predicted octanol–water partition coefficient (Wildman–Crippen LogP) is 4.40. The lowest BCUT2D eigenvalue weighted by Gasteiger charge is -2.31. The van der Waals surface area contributed by atoms with Crippen molar-refractivity contribution in [2.24, 2.45) is 5.92 Å². The van der Waals surface area contributed by atoms with Gasteiger partial charge in [-0.2, -0.15) is 0 Å². The molecule has 1 atom stereocenters.